The number of nitriles is 1. The fourth-order valence-electron chi connectivity index (χ4n) is 2.00. The van der Waals surface area contributed by atoms with Gasteiger partial charge >= 0.3 is 0 Å². The molecule has 24 heavy (non-hydrogen) atoms. The van der Waals surface area contributed by atoms with E-state index in [0.29, 0.717) is 38.4 Å². The number of aromatic nitrogens is 1. The molecular formula is C16H9F2N3OS2. The number of hydrogen-bond acceptors (Lipinski definition) is 5. The standard InChI is InChI=1S/C16H9F2N3OS2/c17-15(18)23-11-5-6-12-13(7-11)24-16(20-12)21-14(22)10-3-1-9(8-19)2-4-10/h1-7,15H,(H,20,21,22). The Balaban J connectivity index is 1.79. The number of hydrogen-bond donors (Lipinski definition) is 1. The van der Waals surface area contributed by atoms with Gasteiger partial charge in [0.25, 0.3) is 11.7 Å². The fraction of sp³-hybridized carbons (Fsp3) is 0.0625. The minimum absolute atomic E-state index is 0.347. The zero-order valence-corrected chi connectivity index (χ0v) is 13.6. The number of thioether (sulfide) groups is 1. The predicted octanol–water partition coefficient (Wildman–Crippen LogP) is 4.73. The maximum atomic E-state index is 12.4. The summed E-state index contributed by atoms with van der Waals surface area (Å²) in [5.41, 5.74) is 1.51. The van der Waals surface area contributed by atoms with Gasteiger partial charge in [0.2, 0.25) is 0 Å². The Hall–Kier alpha value is -2.50. The lowest BCUT2D eigenvalue weighted by atomic mass is 10.1. The molecule has 120 valence electrons. The normalized spacial score (nSPS) is 10.8. The molecule has 1 N–H and O–H groups in total. The first-order valence-electron chi connectivity index (χ1n) is 6.72. The van der Waals surface area contributed by atoms with Crippen LogP contribution >= 0.6 is 23.1 Å². The molecule has 2 aromatic carbocycles. The van der Waals surface area contributed by atoms with E-state index in [-0.39, 0.29) is 5.91 Å². The molecular weight excluding hydrogens is 352 g/mol. The van der Waals surface area contributed by atoms with Gasteiger partial charge in [-0.3, -0.25) is 10.1 Å². The van der Waals surface area contributed by atoms with Crippen LogP contribution in [0.15, 0.2) is 47.4 Å². The molecule has 0 aliphatic heterocycles. The first kappa shape index (κ1) is 16.4. The van der Waals surface area contributed by atoms with Crippen LogP contribution in [0.1, 0.15) is 15.9 Å². The average molecular weight is 361 g/mol. The number of carbonyl (C=O) groups is 1. The number of nitrogens with one attached hydrogen (secondary N) is 1. The molecule has 0 saturated carbocycles. The second kappa shape index (κ2) is 6.95. The van der Waals surface area contributed by atoms with E-state index < -0.39 is 5.76 Å². The van der Waals surface area contributed by atoms with Crippen molar-refractivity contribution in [2.45, 2.75) is 10.7 Å². The smallest absolute Gasteiger partial charge is 0.288 e. The van der Waals surface area contributed by atoms with E-state index >= 15 is 0 Å². The molecule has 3 aromatic rings. The van der Waals surface area contributed by atoms with Crippen molar-refractivity contribution in [2.75, 3.05) is 5.32 Å². The van der Waals surface area contributed by atoms with Crippen molar-refractivity contribution in [3.63, 3.8) is 0 Å². The van der Waals surface area contributed by atoms with Crippen molar-refractivity contribution in [3.8, 4) is 6.07 Å². The summed E-state index contributed by atoms with van der Waals surface area (Å²) >= 11 is 1.68. The first-order chi connectivity index (χ1) is 11.5. The van der Waals surface area contributed by atoms with Crippen molar-refractivity contribution in [1.29, 1.82) is 5.26 Å². The van der Waals surface area contributed by atoms with Gasteiger partial charge in [0.1, 0.15) is 0 Å². The van der Waals surface area contributed by atoms with Gasteiger partial charge in [-0.25, -0.2) is 4.98 Å². The Labute approximate surface area is 144 Å². The van der Waals surface area contributed by atoms with Crippen LogP contribution in [0.5, 0.6) is 0 Å². The second-order valence-electron chi connectivity index (χ2n) is 4.67. The molecule has 0 saturated heterocycles. The van der Waals surface area contributed by atoms with Gasteiger partial charge in [0, 0.05) is 10.5 Å². The average Bonchev–Trinajstić information content (AvgIpc) is 2.95. The highest BCUT2D eigenvalue weighted by Gasteiger charge is 2.12. The number of alkyl halides is 2. The quantitative estimate of drug-likeness (QED) is 0.682. The summed E-state index contributed by atoms with van der Waals surface area (Å²) in [4.78, 5) is 16.9. The number of halogens is 2. The van der Waals surface area contributed by atoms with Gasteiger partial charge in [0.05, 0.1) is 21.8 Å². The molecule has 0 atom stereocenters. The molecule has 1 aromatic heterocycles. The minimum Gasteiger partial charge on any atom is -0.298 e. The van der Waals surface area contributed by atoms with Gasteiger partial charge in [0.15, 0.2) is 5.13 Å². The van der Waals surface area contributed by atoms with Crippen LogP contribution in [-0.4, -0.2) is 16.6 Å². The van der Waals surface area contributed by atoms with E-state index in [1.165, 1.54) is 11.3 Å². The number of rotatable bonds is 4. The molecule has 8 heteroatoms. The van der Waals surface area contributed by atoms with Crippen LogP contribution in [0.3, 0.4) is 0 Å². The monoisotopic (exact) mass is 361 g/mol. The third-order valence-electron chi connectivity index (χ3n) is 3.08. The number of nitrogens with zero attached hydrogens (tertiary/aromatic N) is 2. The van der Waals surface area contributed by atoms with E-state index in [1.807, 2.05) is 6.07 Å². The molecule has 1 heterocycles. The van der Waals surface area contributed by atoms with E-state index in [4.69, 9.17) is 5.26 Å². The molecule has 3 rings (SSSR count). The Kier molecular flexibility index (Phi) is 4.74. The highest BCUT2D eigenvalue weighted by molar-refractivity contribution is 7.99. The maximum absolute atomic E-state index is 12.4. The van der Waals surface area contributed by atoms with Crippen LogP contribution < -0.4 is 5.32 Å². The number of anilines is 1. The summed E-state index contributed by atoms with van der Waals surface area (Å²) < 4.78 is 25.5. The third kappa shape index (κ3) is 3.69. The fourth-order valence-corrected chi connectivity index (χ4v) is 3.51. The number of amides is 1. The van der Waals surface area contributed by atoms with Crippen LogP contribution in [-0.2, 0) is 0 Å². The minimum atomic E-state index is -2.48. The summed E-state index contributed by atoms with van der Waals surface area (Å²) in [6, 6.07) is 13.1. The summed E-state index contributed by atoms with van der Waals surface area (Å²) in [5, 5.41) is 11.8. The van der Waals surface area contributed by atoms with E-state index in [9.17, 15) is 13.6 Å². The Bertz CT molecular complexity index is 933. The van der Waals surface area contributed by atoms with Crippen molar-refractivity contribution >= 4 is 44.4 Å². The van der Waals surface area contributed by atoms with Crippen molar-refractivity contribution < 1.29 is 13.6 Å². The zero-order valence-electron chi connectivity index (χ0n) is 12.0. The number of thiazole rings is 1. The predicted molar refractivity (Wildman–Crippen MR) is 90.6 cm³/mol. The highest BCUT2D eigenvalue weighted by Crippen LogP contribution is 2.32. The Morgan fingerprint density at radius 2 is 2.00 bits per heavy atom. The Morgan fingerprint density at radius 3 is 2.67 bits per heavy atom. The van der Waals surface area contributed by atoms with Gasteiger partial charge in [-0.1, -0.05) is 23.1 Å². The van der Waals surface area contributed by atoms with Crippen molar-refractivity contribution in [1.82, 2.24) is 4.98 Å². The van der Waals surface area contributed by atoms with Crippen LogP contribution in [0, 0.1) is 11.3 Å². The topological polar surface area (TPSA) is 65.8 Å². The zero-order chi connectivity index (χ0) is 17.1. The lowest BCUT2D eigenvalue weighted by Gasteiger charge is -2.01. The lowest BCUT2D eigenvalue weighted by molar-refractivity contribution is 0.102. The molecule has 0 aliphatic carbocycles. The van der Waals surface area contributed by atoms with Gasteiger partial charge < -0.3 is 0 Å². The largest absolute Gasteiger partial charge is 0.298 e. The summed E-state index contributed by atoms with van der Waals surface area (Å²) in [6.45, 7) is 0. The van der Waals surface area contributed by atoms with Crippen LogP contribution in [0.4, 0.5) is 13.9 Å². The van der Waals surface area contributed by atoms with E-state index in [1.54, 1.807) is 42.5 Å². The van der Waals surface area contributed by atoms with E-state index in [0.717, 1.165) is 4.70 Å². The van der Waals surface area contributed by atoms with Crippen LogP contribution in [0.25, 0.3) is 10.2 Å². The number of fused-ring (bicyclic) bond motifs is 1. The van der Waals surface area contributed by atoms with Crippen molar-refractivity contribution in [3.05, 3.63) is 53.6 Å². The summed E-state index contributed by atoms with van der Waals surface area (Å²) in [7, 11) is 0. The third-order valence-corrected chi connectivity index (χ3v) is 4.72. The first-order valence-corrected chi connectivity index (χ1v) is 8.42. The number of carbonyl (C=O) groups excluding carboxylic acids is 1. The second-order valence-corrected chi connectivity index (χ2v) is 6.76. The summed E-state index contributed by atoms with van der Waals surface area (Å²) in [5.74, 6) is -2.83. The summed E-state index contributed by atoms with van der Waals surface area (Å²) in [6.07, 6.45) is 0. The molecule has 0 spiro atoms. The lowest BCUT2D eigenvalue weighted by Crippen LogP contribution is -2.11. The molecule has 0 radical (unpaired) electrons. The molecule has 4 nitrogen and oxygen atoms in total. The number of benzene rings is 2. The highest BCUT2D eigenvalue weighted by atomic mass is 32.2. The Morgan fingerprint density at radius 1 is 1.25 bits per heavy atom. The van der Waals surface area contributed by atoms with E-state index in [2.05, 4.69) is 10.3 Å². The molecule has 0 aliphatic rings. The molecule has 0 bridgehead atoms. The van der Waals surface area contributed by atoms with Gasteiger partial charge in [-0.05, 0) is 42.5 Å². The molecule has 0 unspecified atom stereocenters. The van der Waals surface area contributed by atoms with Gasteiger partial charge in [-0.15, -0.1) is 0 Å². The maximum Gasteiger partial charge on any atom is 0.288 e. The van der Waals surface area contributed by atoms with Gasteiger partial charge in [-0.2, -0.15) is 14.0 Å². The van der Waals surface area contributed by atoms with Crippen LogP contribution in [0.2, 0.25) is 0 Å². The SMILES string of the molecule is N#Cc1ccc(C(=O)Nc2nc3ccc(SC(F)F)cc3s2)cc1. The van der Waals surface area contributed by atoms with Crippen molar-refractivity contribution in [2.24, 2.45) is 0 Å². The molecule has 0 fully saturated rings. The molecule has 1 amide bonds.